The molecule has 0 atom stereocenters. The van der Waals surface area contributed by atoms with Crippen LogP contribution in [0.3, 0.4) is 0 Å². The van der Waals surface area contributed by atoms with Crippen LogP contribution < -0.4 is 11.0 Å². The lowest BCUT2D eigenvalue weighted by atomic mass is 10.1. The number of hydrogen-bond donors (Lipinski definition) is 2. The van der Waals surface area contributed by atoms with Gasteiger partial charge < -0.3 is 9.67 Å². The summed E-state index contributed by atoms with van der Waals surface area (Å²) in [5.41, 5.74) is 2.89. The van der Waals surface area contributed by atoms with E-state index in [2.05, 4.69) is 26.5 Å². The van der Waals surface area contributed by atoms with Crippen LogP contribution in [0.2, 0.25) is 0 Å². The second kappa shape index (κ2) is 8.84. The number of carbonyl (C=O) groups excluding carboxylic acids is 1. The Balaban J connectivity index is 1.97. The number of aromatic nitrogens is 1. The van der Waals surface area contributed by atoms with Crippen molar-refractivity contribution in [2.75, 3.05) is 0 Å². The van der Waals surface area contributed by atoms with Gasteiger partial charge in [-0.2, -0.15) is 5.10 Å². The van der Waals surface area contributed by atoms with E-state index in [1.807, 2.05) is 31.2 Å². The van der Waals surface area contributed by atoms with Crippen molar-refractivity contribution in [2.45, 2.75) is 26.3 Å². The number of unbranched alkanes of at least 4 members (excludes halogenated alkanes) is 1. The number of aryl methyl sites for hydroxylation is 1. The van der Waals surface area contributed by atoms with E-state index >= 15 is 0 Å². The smallest absolute Gasteiger partial charge is 0.280 e. The van der Waals surface area contributed by atoms with E-state index < -0.39 is 11.5 Å². The molecule has 2 N–H and O–H groups in total. The Bertz CT molecular complexity index is 1110. The molecule has 0 unspecified atom stereocenters. The first-order chi connectivity index (χ1) is 13.5. The minimum Gasteiger partial charge on any atom is -0.506 e. The van der Waals surface area contributed by atoms with Crippen LogP contribution in [0.1, 0.15) is 35.7 Å². The van der Waals surface area contributed by atoms with E-state index in [1.54, 1.807) is 24.3 Å². The molecular formula is C21H20BrN3O3. The van der Waals surface area contributed by atoms with Crippen molar-refractivity contribution in [3.05, 3.63) is 74.5 Å². The van der Waals surface area contributed by atoms with Crippen molar-refractivity contribution >= 4 is 39.0 Å². The zero-order valence-electron chi connectivity index (χ0n) is 15.4. The monoisotopic (exact) mass is 441 g/mol. The van der Waals surface area contributed by atoms with E-state index in [-0.39, 0.29) is 11.3 Å². The van der Waals surface area contributed by atoms with Gasteiger partial charge in [-0.3, -0.25) is 9.59 Å². The van der Waals surface area contributed by atoms with Gasteiger partial charge >= 0.3 is 0 Å². The molecular weight excluding hydrogens is 422 g/mol. The Kier molecular flexibility index (Phi) is 6.26. The Morgan fingerprint density at radius 3 is 2.79 bits per heavy atom. The molecule has 144 valence electrons. The van der Waals surface area contributed by atoms with E-state index in [0.717, 1.165) is 22.9 Å². The Hall–Kier alpha value is -2.93. The van der Waals surface area contributed by atoms with Crippen LogP contribution in [0.15, 0.2) is 62.9 Å². The fourth-order valence-electron chi connectivity index (χ4n) is 2.94. The molecule has 0 saturated carbocycles. The zero-order valence-corrected chi connectivity index (χ0v) is 16.9. The van der Waals surface area contributed by atoms with Crippen molar-refractivity contribution in [3.63, 3.8) is 0 Å². The average Bonchev–Trinajstić information content (AvgIpc) is 2.68. The minimum absolute atomic E-state index is 0.304. The van der Waals surface area contributed by atoms with E-state index in [1.165, 1.54) is 10.8 Å². The quantitative estimate of drug-likeness (QED) is 0.447. The first-order valence-corrected chi connectivity index (χ1v) is 9.75. The molecule has 2 aromatic carbocycles. The first kappa shape index (κ1) is 19.8. The SMILES string of the molecule is CCCCn1c(=O)c(C(=O)N/N=C/c2cccc(Br)c2)c(O)c2ccccc21. The van der Waals surface area contributed by atoms with Crippen LogP contribution >= 0.6 is 15.9 Å². The fraction of sp³-hybridized carbons (Fsp3) is 0.190. The van der Waals surface area contributed by atoms with Gasteiger partial charge in [0.15, 0.2) is 0 Å². The number of carbonyl (C=O) groups is 1. The van der Waals surface area contributed by atoms with E-state index in [0.29, 0.717) is 17.4 Å². The number of hydrazone groups is 1. The van der Waals surface area contributed by atoms with Crippen molar-refractivity contribution in [2.24, 2.45) is 5.10 Å². The third-order valence-electron chi connectivity index (χ3n) is 4.34. The molecule has 28 heavy (non-hydrogen) atoms. The van der Waals surface area contributed by atoms with Gasteiger partial charge in [-0.1, -0.05) is 53.5 Å². The van der Waals surface area contributed by atoms with Crippen molar-refractivity contribution < 1.29 is 9.90 Å². The van der Waals surface area contributed by atoms with Crippen molar-refractivity contribution in [1.29, 1.82) is 0 Å². The molecule has 0 spiro atoms. The zero-order chi connectivity index (χ0) is 20.1. The molecule has 1 heterocycles. The number of benzene rings is 2. The average molecular weight is 442 g/mol. The minimum atomic E-state index is -0.746. The number of rotatable bonds is 6. The predicted molar refractivity (Wildman–Crippen MR) is 114 cm³/mol. The molecule has 0 bridgehead atoms. The summed E-state index contributed by atoms with van der Waals surface area (Å²) < 4.78 is 2.42. The van der Waals surface area contributed by atoms with Gasteiger partial charge in [-0.25, -0.2) is 5.43 Å². The molecule has 0 saturated heterocycles. The highest BCUT2D eigenvalue weighted by Crippen LogP contribution is 2.26. The number of pyridine rings is 1. The molecule has 6 nitrogen and oxygen atoms in total. The molecule has 1 amide bonds. The maximum Gasteiger partial charge on any atom is 0.280 e. The third-order valence-corrected chi connectivity index (χ3v) is 4.83. The van der Waals surface area contributed by atoms with Gasteiger partial charge in [0.1, 0.15) is 11.3 Å². The second-order valence-corrected chi connectivity index (χ2v) is 7.22. The Morgan fingerprint density at radius 2 is 2.04 bits per heavy atom. The van der Waals surface area contributed by atoms with Crippen molar-refractivity contribution in [3.8, 4) is 5.75 Å². The van der Waals surface area contributed by atoms with Gasteiger partial charge in [0, 0.05) is 16.4 Å². The fourth-order valence-corrected chi connectivity index (χ4v) is 3.36. The summed E-state index contributed by atoms with van der Waals surface area (Å²) in [5, 5.41) is 14.9. The summed E-state index contributed by atoms with van der Waals surface area (Å²) in [7, 11) is 0. The van der Waals surface area contributed by atoms with Gasteiger partial charge in [0.05, 0.1) is 11.7 Å². The number of nitrogens with one attached hydrogen (secondary N) is 1. The molecule has 1 aromatic heterocycles. The molecule has 0 aliphatic heterocycles. The number of halogens is 1. The molecule has 0 aliphatic carbocycles. The highest BCUT2D eigenvalue weighted by molar-refractivity contribution is 9.10. The lowest BCUT2D eigenvalue weighted by molar-refractivity contribution is 0.0950. The number of aromatic hydroxyl groups is 1. The molecule has 7 heteroatoms. The summed E-state index contributed by atoms with van der Waals surface area (Å²) in [6.45, 7) is 2.50. The maximum absolute atomic E-state index is 12.9. The van der Waals surface area contributed by atoms with E-state index in [4.69, 9.17) is 0 Å². The summed E-state index contributed by atoms with van der Waals surface area (Å²) in [5.74, 6) is -1.08. The Labute approximate surface area is 170 Å². The number of fused-ring (bicyclic) bond motifs is 1. The topological polar surface area (TPSA) is 83.7 Å². The summed E-state index contributed by atoms with van der Waals surface area (Å²) in [6.07, 6.45) is 3.16. The van der Waals surface area contributed by atoms with Gasteiger partial charge in [-0.15, -0.1) is 0 Å². The predicted octanol–water partition coefficient (Wildman–Crippen LogP) is 4.03. The van der Waals surface area contributed by atoms with Crippen LogP contribution in [0, 0.1) is 0 Å². The highest BCUT2D eigenvalue weighted by Gasteiger charge is 2.21. The number of amides is 1. The summed E-state index contributed by atoms with van der Waals surface area (Å²) >= 11 is 3.36. The summed E-state index contributed by atoms with van der Waals surface area (Å²) in [4.78, 5) is 25.5. The van der Waals surface area contributed by atoms with Gasteiger partial charge in [-0.05, 0) is 36.2 Å². The lowest BCUT2D eigenvalue weighted by Crippen LogP contribution is -2.31. The van der Waals surface area contributed by atoms with Crippen LogP contribution in [-0.2, 0) is 6.54 Å². The molecule has 3 aromatic rings. The lowest BCUT2D eigenvalue weighted by Gasteiger charge is -2.14. The maximum atomic E-state index is 12.9. The third kappa shape index (κ3) is 4.14. The van der Waals surface area contributed by atoms with Crippen LogP contribution in [0.5, 0.6) is 5.75 Å². The first-order valence-electron chi connectivity index (χ1n) is 8.96. The second-order valence-electron chi connectivity index (χ2n) is 6.31. The largest absolute Gasteiger partial charge is 0.506 e. The van der Waals surface area contributed by atoms with E-state index in [9.17, 15) is 14.7 Å². The molecule has 3 rings (SSSR count). The van der Waals surface area contributed by atoms with Crippen LogP contribution in [0.25, 0.3) is 10.9 Å². The summed E-state index contributed by atoms with van der Waals surface area (Å²) in [6, 6.07) is 14.4. The van der Waals surface area contributed by atoms with Crippen LogP contribution in [-0.4, -0.2) is 21.8 Å². The molecule has 0 aliphatic rings. The standard InChI is InChI=1S/C21H20BrN3O3/c1-2-3-11-25-17-10-5-4-9-16(17)19(26)18(21(25)28)20(27)24-23-13-14-7-6-8-15(22)12-14/h4-10,12-13,26H,2-3,11H2,1H3,(H,24,27)/b23-13+. The normalized spacial score (nSPS) is 11.2. The number of para-hydroxylation sites is 1. The van der Waals surface area contributed by atoms with Gasteiger partial charge in [0.25, 0.3) is 11.5 Å². The highest BCUT2D eigenvalue weighted by atomic mass is 79.9. The molecule has 0 radical (unpaired) electrons. The molecule has 0 fully saturated rings. The Morgan fingerprint density at radius 1 is 1.25 bits per heavy atom. The van der Waals surface area contributed by atoms with Gasteiger partial charge in [0.2, 0.25) is 0 Å². The number of hydrogen-bond acceptors (Lipinski definition) is 4. The van der Waals surface area contributed by atoms with Crippen molar-refractivity contribution in [1.82, 2.24) is 9.99 Å². The van der Waals surface area contributed by atoms with Crippen LogP contribution in [0.4, 0.5) is 0 Å². The number of nitrogens with zero attached hydrogens (tertiary/aromatic N) is 2.